The molecule has 1 atom stereocenters. The van der Waals surface area contributed by atoms with Crippen molar-refractivity contribution in [2.75, 3.05) is 19.6 Å². The number of hydrogen-bond acceptors (Lipinski definition) is 3. The maximum absolute atomic E-state index is 13.3. The SMILES string of the molecule is O=C1CC2(CCN(C(=O)c3cccc(OCc4ccc(F)cc4)c3)CC2)C(c2ccccc2)CN1. The third kappa shape index (κ3) is 5.06. The van der Waals surface area contributed by atoms with E-state index in [2.05, 4.69) is 17.4 Å². The Morgan fingerprint density at radius 2 is 1.74 bits per heavy atom. The quantitative estimate of drug-likeness (QED) is 0.573. The molecule has 2 aliphatic rings. The molecule has 5 nitrogen and oxygen atoms in total. The molecule has 2 aliphatic heterocycles. The predicted molar refractivity (Wildman–Crippen MR) is 132 cm³/mol. The Hall–Kier alpha value is -3.67. The van der Waals surface area contributed by atoms with Crippen LogP contribution < -0.4 is 10.1 Å². The molecule has 2 heterocycles. The van der Waals surface area contributed by atoms with Crippen LogP contribution in [-0.2, 0) is 11.4 Å². The summed E-state index contributed by atoms with van der Waals surface area (Å²) in [7, 11) is 0. The van der Waals surface area contributed by atoms with Gasteiger partial charge in [-0.05, 0) is 59.7 Å². The lowest BCUT2D eigenvalue weighted by atomic mass is 9.62. The molecule has 0 aromatic heterocycles. The summed E-state index contributed by atoms with van der Waals surface area (Å²) in [6, 6.07) is 23.7. The molecule has 0 radical (unpaired) electrons. The van der Waals surface area contributed by atoms with Gasteiger partial charge in [0.2, 0.25) is 5.91 Å². The molecule has 3 aromatic rings. The molecule has 5 rings (SSSR count). The topological polar surface area (TPSA) is 58.6 Å². The maximum atomic E-state index is 13.3. The number of halogens is 1. The Balaban J connectivity index is 1.25. The van der Waals surface area contributed by atoms with Gasteiger partial charge in [0, 0.05) is 37.5 Å². The molecule has 0 saturated carbocycles. The molecule has 1 unspecified atom stereocenters. The maximum Gasteiger partial charge on any atom is 0.253 e. The molecular weight excluding hydrogens is 443 g/mol. The van der Waals surface area contributed by atoms with E-state index in [1.54, 1.807) is 24.3 Å². The molecule has 6 heteroatoms. The zero-order valence-electron chi connectivity index (χ0n) is 19.6. The van der Waals surface area contributed by atoms with Crippen molar-refractivity contribution in [3.8, 4) is 5.75 Å². The van der Waals surface area contributed by atoms with Crippen molar-refractivity contribution in [3.63, 3.8) is 0 Å². The molecule has 35 heavy (non-hydrogen) atoms. The summed E-state index contributed by atoms with van der Waals surface area (Å²) >= 11 is 0. The summed E-state index contributed by atoms with van der Waals surface area (Å²) in [6.07, 6.45) is 2.10. The summed E-state index contributed by atoms with van der Waals surface area (Å²) in [5.74, 6) is 0.642. The first-order chi connectivity index (χ1) is 17.0. The zero-order chi connectivity index (χ0) is 24.3. The van der Waals surface area contributed by atoms with Gasteiger partial charge in [-0.25, -0.2) is 4.39 Å². The summed E-state index contributed by atoms with van der Waals surface area (Å²) in [5.41, 5.74) is 2.56. The molecule has 3 aromatic carbocycles. The number of carbonyl (C=O) groups excluding carboxylic acids is 2. The third-order valence-electron chi connectivity index (χ3n) is 7.40. The fourth-order valence-electron chi connectivity index (χ4n) is 5.42. The molecule has 1 spiro atoms. The number of rotatable bonds is 5. The van der Waals surface area contributed by atoms with Crippen LogP contribution >= 0.6 is 0 Å². The molecule has 0 aliphatic carbocycles. The van der Waals surface area contributed by atoms with E-state index in [0.29, 0.717) is 44.0 Å². The second kappa shape index (κ2) is 9.90. The van der Waals surface area contributed by atoms with Crippen molar-refractivity contribution in [3.05, 3.63) is 101 Å². The number of carbonyl (C=O) groups is 2. The Bertz CT molecular complexity index is 1190. The summed E-state index contributed by atoms with van der Waals surface area (Å²) in [6.45, 7) is 2.18. The summed E-state index contributed by atoms with van der Waals surface area (Å²) < 4.78 is 18.9. The number of piperidine rings is 2. The van der Waals surface area contributed by atoms with Crippen LogP contribution in [0.2, 0.25) is 0 Å². The number of nitrogens with zero attached hydrogens (tertiary/aromatic N) is 1. The number of hydrogen-bond donors (Lipinski definition) is 1. The summed E-state index contributed by atoms with van der Waals surface area (Å²) in [5, 5.41) is 3.04. The van der Waals surface area contributed by atoms with Gasteiger partial charge in [0.05, 0.1) is 0 Å². The van der Waals surface area contributed by atoms with Crippen LogP contribution in [0.4, 0.5) is 4.39 Å². The van der Waals surface area contributed by atoms with Gasteiger partial charge in [-0.3, -0.25) is 9.59 Å². The third-order valence-corrected chi connectivity index (χ3v) is 7.40. The molecule has 2 saturated heterocycles. The largest absolute Gasteiger partial charge is 0.489 e. The number of nitrogens with one attached hydrogen (secondary N) is 1. The minimum Gasteiger partial charge on any atom is -0.489 e. The smallest absolute Gasteiger partial charge is 0.253 e. The fraction of sp³-hybridized carbons (Fsp3) is 0.310. The van der Waals surface area contributed by atoms with Crippen molar-refractivity contribution < 1.29 is 18.7 Å². The van der Waals surface area contributed by atoms with Gasteiger partial charge in [0.1, 0.15) is 18.2 Å². The number of likely N-dealkylation sites (tertiary alicyclic amines) is 1. The molecule has 2 fully saturated rings. The van der Waals surface area contributed by atoms with Gasteiger partial charge < -0.3 is 15.0 Å². The van der Waals surface area contributed by atoms with Gasteiger partial charge in [0.15, 0.2) is 0 Å². The summed E-state index contributed by atoms with van der Waals surface area (Å²) in [4.78, 5) is 27.5. The standard InChI is InChI=1S/C29H29FN2O3/c30-24-11-9-21(10-12-24)20-35-25-8-4-7-23(17-25)28(34)32-15-13-29(14-16-32)18-27(33)31-19-26(29)22-5-2-1-3-6-22/h1-12,17,26H,13-16,18-20H2,(H,31,33). The average molecular weight is 473 g/mol. The van der Waals surface area contributed by atoms with Crippen LogP contribution in [0.25, 0.3) is 0 Å². The van der Waals surface area contributed by atoms with Gasteiger partial charge >= 0.3 is 0 Å². The van der Waals surface area contributed by atoms with E-state index in [-0.39, 0.29) is 29.0 Å². The van der Waals surface area contributed by atoms with E-state index in [1.165, 1.54) is 17.7 Å². The first-order valence-corrected chi connectivity index (χ1v) is 12.1. The van der Waals surface area contributed by atoms with Gasteiger partial charge in [-0.1, -0.05) is 48.5 Å². The lowest BCUT2D eigenvalue weighted by molar-refractivity contribution is -0.127. The second-order valence-electron chi connectivity index (χ2n) is 9.54. The number of benzene rings is 3. The zero-order valence-corrected chi connectivity index (χ0v) is 19.6. The first-order valence-electron chi connectivity index (χ1n) is 12.1. The van der Waals surface area contributed by atoms with Crippen LogP contribution in [0.1, 0.15) is 46.7 Å². The minimum atomic E-state index is -0.284. The van der Waals surface area contributed by atoms with Gasteiger partial charge in [0.25, 0.3) is 5.91 Å². The molecule has 180 valence electrons. The number of amides is 2. The normalized spacial score (nSPS) is 19.3. The minimum absolute atomic E-state index is 0.0244. The highest BCUT2D eigenvalue weighted by molar-refractivity contribution is 5.94. The lowest BCUT2D eigenvalue weighted by Crippen LogP contribution is -2.52. The van der Waals surface area contributed by atoms with Crippen LogP contribution in [0, 0.1) is 11.2 Å². The van der Waals surface area contributed by atoms with E-state index in [4.69, 9.17) is 4.74 Å². The Labute approximate surface area is 204 Å². The second-order valence-corrected chi connectivity index (χ2v) is 9.54. The molecule has 0 bridgehead atoms. The Morgan fingerprint density at radius 3 is 2.49 bits per heavy atom. The fourth-order valence-corrected chi connectivity index (χ4v) is 5.42. The van der Waals surface area contributed by atoms with Crippen molar-refractivity contribution in [2.24, 2.45) is 5.41 Å². The average Bonchev–Trinajstić information content (AvgIpc) is 2.89. The van der Waals surface area contributed by atoms with Gasteiger partial charge in [-0.15, -0.1) is 0 Å². The molecular formula is C29H29FN2O3. The highest BCUT2D eigenvalue weighted by atomic mass is 19.1. The van der Waals surface area contributed by atoms with Crippen molar-refractivity contribution in [1.29, 1.82) is 0 Å². The monoisotopic (exact) mass is 472 g/mol. The van der Waals surface area contributed by atoms with E-state index in [1.807, 2.05) is 35.2 Å². The van der Waals surface area contributed by atoms with E-state index >= 15 is 0 Å². The molecule has 1 N–H and O–H groups in total. The number of ether oxygens (including phenoxy) is 1. The Kier molecular flexibility index (Phi) is 6.53. The van der Waals surface area contributed by atoms with Crippen molar-refractivity contribution in [2.45, 2.75) is 31.8 Å². The highest BCUT2D eigenvalue weighted by Gasteiger charge is 2.46. The van der Waals surface area contributed by atoms with Crippen LogP contribution in [0.5, 0.6) is 5.75 Å². The first kappa shape index (κ1) is 23.1. The van der Waals surface area contributed by atoms with E-state index < -0.39 is 0 Å². The van der Waals surface area contributed by atoms with Crippen LogP contribution in [0.15, 0.2) is 78.9 Å². The lowest BCUT2D eigenvalue weighted by Gasteiger charge is -2.49. The predicted octanol–water partition coefficient (Wildman–Crippen LogP) is 4.93. The van der Waals surface area contributed by atoms with Crippen molar-refractivity contribution in [1.82, 2.24) is 10.2 Å². The van der Waals surface area contributed by atoms with E-state index in [0.717, 1.165) is 18.4 Å². The van der Waals surface area contributed by atoms with Crippen molar-refractivity contribution >= 4 is 11.8 Å². The van der Waals surface area contributed by atoms with E-state index in [9.17, 15) is 14.0 Å². The van der Waals surface area contributed by atoms with Gasteiger partial charge in [-0.2, -0.15) is 0 Å². The highest BCUT2D eigenvalue weighted by Crippen LogP contribution is 2.48. The van der Waals surface area contributed by atoms with Crippen LogP contribution in [-0.4, -0.2) is 36.3 Å². The van der Waals surface area contributed by atoms with Crippen LogP contribution in [0.3, 0.4) is 0 Å². The molecule has 2 amide bonds. The Morgan fingerprint density at radius 1 is 1.00 bits per heavy atom.